The minimum absolute atomic E-state index is 0.384. The first-order valence-corrected chi connectivity index (χ1v) is 13.1. The second-order valence-electron chi connectivity index (χ2n) is 10.3. The molecule has 1 saturated heterocycles. The highest BCUT2D eigenvalue weighted by Crippen LogP contribution is 2.25. The molecule has 0 saturated carbocycles. The number of piperidine rings is 1. The summed E-state index contributed by atoms with van der Waals surface area (Å²) in [7, 11) is 0. The van der Waals surface area contributed by atoms with Crippen LogP contribution in [-0.4, -0.2) is 53.5 Å². The second-order valence-corrected chi connectivity index (χ2v) is 10.3. The molecule has 188 valence electrons. The minimum atomic E-state index is 0.384. The summed E-state index contributed by atoms with van der Waals surface area (Å²) in [4.78, 5) is 12.1. The molecule has 4 aromatic heterocycles. The van der Waals surface area contributed by atoms with Crippen LogP contribution >= 0.6 is 0 Å². The summed E-state index contributed by atoms with van der Waals surface area (Å²) in [5.41, 5.74) is 4.88. The highest BCUT2D eigenvalue weighted by molar-refractivity contribution is 5.81. The van der Waals surface area contributed by atoms with Crippen LogP contribution in [0.3, 0.4) is 0 Å². The normalized spacial score (nSPS) is 18.7. The van der Waals surface area contributed by atoms with E-state index in [0.717, 1.165) is 47.2 Å². The maximum Gasteiger partial charge on any atom is 0.154 e. The monoisotopic (exact) mass is 484 g/mol. The fourth-order valence-corrected chi connectivity index (χ4v) is 5.09. The van der Waals surface area contributed by atoms with E-state index in [-0.39, 0.29) is 0 Å². The van der Waals surface area contributed by atoms with Gasteiger partial charge in [-0.15, -0.1) is 5.10 Å². The lowest BCUT2D eigenvalue weighted by Gasteiger charge is -2.39. The maximum atomic E-state index is 4.78. The van der Waals surface area contributed by atoms with Crippen LogP contribution in [0.5, 0.6) is 0 Å². The van der Waals surface area contributed by atoms with Crippen molar-refractivity contribution >= 4 is 22.7 Å². The summed E-state index contributed by atoms with van der Waals surface area (Å²) in [5, 5.41) is 16.2. The van der Waals surface area contributed by atoms with E-state index in [4.69, 9.17) is 4.98 Å². The van der Waals surface area contributed by atoms with Crippen LogP contribution < -0.4 is 5.32 Å². The average molecular weight is 485 g/mol. The van der Waals surface area contributed by atoms with E-state index >= 15 is 0 Å². The second kappa shape index (κ2) is 10.7. The van der Waals surface area contributed by atoms with Gasteiger partial charge in [-0.2, -0.15) is 10.2 Å². The summed E-state index contributed by atoms with van der Waals surface area (Å²) in [6.45, 7) is 11.0. The van der Waals surface area contributed by atoms with Gasteiger partial charge in [0.15, 0.2) is 5.82 Å². The molecule has 0 aliphatic carbocycles. The van der Waals surface area contributed by atoms with Crippen molar-refractivity contribution in [1.29, 1.82) is 0 Å². The molecule has 4 aromatic rings. The molecule has 0 aromatic carbocycles. The minimum Gasteiger partial charge on any atom is -0.323 e. The number of fused-ring (bicyclic) bond motifs is 1. The van der Waals surface area contributed by atoms with Crippen molar-refractivity contribution in [3.05, 3.63) is 54.6 Å². The zero-order chi connectivity index (χ0) is 25.1. The van der Waals surface area contributed by atoms with Gasteiger partial charge in [0.1, 0.15) is 5.82 Å². The lowest BCUT2D eigenvalue weighted by Crippen LogP contribution is -2.44. The molecular weight excluding hydrogens is 448 g/mol. The van der Waals surface area contributed by atoms with Crippen molar-refractivity contribution in [2.45, 2.75) is 77.9 Å². The number of rotatable bonds is 8. The van der Waals surface area contributed by atoms with E-state index in [9.17, 15) is 0 Å². The molecular formula is C28H36N8. The van der Waals surface area contributed by atoms with E-state index < -0.39 is 0 Å². The molecule has 0 spiro atoms. The first-order chi connectivity index (χ1) is 17.5. The van der Waals surface area contributed by atoms with Gasteiger partial charge in [-0.05, 0) is 68.9 Å². The Bertz CT molecular complexity index is 1300. The number of hydrogen-bond donors (Lipinski definition) is 1. The fourth-order valence-electron chi connectivity index (χ4n) is 5.09. The van der Waals surface area contributed by atoms with Crippen molar-refractivity contribution in [2.24, 2.45) is 0 Å². The first-order valence-electron chi connectivity index (χ1n) is 13.1. The van der Waals surface area contributed by atoms with E-state index in [1.165, 1.54) is 19.3 Å². The molecule has 1 aliphatic rings. The zero-order valence-electron chi connectivity index (χ0n) is 21.7. The van der Waals surface area contributed by atoms with Crippen molar-refractivity contribution in [3.63, 3.8) is 0 Å². The Balaban J connectivity index is 1.26. The van der Waals surface area contributed by atoms with Crippen LogP contribution in [0.25, 0.3) is 22.2 Å². The van der Waals surface area contributed by atoms with Crippen molar-refractivity contribution in [2.75, 3.05) is 11.9 Å². The summed E-state index contributed by atoms with van der Waals surface area (Å²) >= 11 is 0. The molecule has 0 bridgehead atoms. The zero-order valence-corrected chi connectivity index (χ0v) is 21.7. The van der Waals surface area contributed by atoms with Crippen molar-refractivity contribution in [3.8, 4) is 11.1 Å². The van der Waals surface area contributed by atoms with Crippen LogP contribution in [0.15, 0.2) is 49.1 Å². The van der Waals surface area contributed by atoms with Crippen molar-refractivity contribution < 1.29 is 0 Å². The number of nitrogens with zero attached hydrogens (tertiary/aromatic N) is 7. The lowest BCUT2D eigenvalue weighted by atomic mass is 9.97. The molecule has 0 unspecified atom stereocenters. The standard InChI is InChI=1S/C28H36N8/c1-19(2)22-14-28(34-30-16-22)33-27-10-9-25-26(32-27)13-23(15-29-25)24-17-31-35(18-24)11-6-12-36-20(3)7-5-8-21(36)4/h9-10,13-21H,5-8,11-12H2,1-4H3,(H,32,33,34)/t20-,21+. The molecule has 8 nitrogen and oxygen atoms in total. The summed E-state index contributed by atoms with van der Waals surface area (Å²) in [6, 6.07) is 9.34. The van der Waals surface area contributed by atoms with E-state index in [0.29, 0.717) is 29.6 Å². The molecule has 1 N–H and O–H groups in total. The van der Waals surface area contributed by atoms with Crippen LogP contribution in [0.4, 0.5) is 11.6 Å². The summed E-state index contributed by atoms with van der Waals surface area (Å²) in [6.07, 6.45) is 12.8. The third-order valence-corrected chi connectivity index (χ3v) is 7.28. The molecule has 8 heteroatoms. The predicted octanol–water partition coefficient (Wildman–Crippen LogP) is 5.80. The van der Waals surface area contributed by atoms with Crippen molar-refractivity contribution in [1.82, 2.24) is 34.8 Å². The van der Waals surface area contributed by atoms with Crippen LogP contribution in [0, 0.1) is 0 Å². The Morgan fingerprint density at radius 2 is 1.78 bits per heavy atom. The van der Waals surface area contributed by atoms with Gasteiger partial charge < -0.3 is 5.32 Å². The number of nitrogens with one attached hydrogen (secondary N) is 1. The van der Waals surface area contributed by atoms with Gasteiger partial charge in [-0.3, -0.25) is 14.6 Å². The molecule has 36 heavy (non-hydrogen) atoms. The summed E-state index contributed by atoms with van der Waals surface area (Å²) in [5.74, 6) is 1.79. The molecule has 5 rings (SSSR count). The van der Waals surface area contributed by atoms with Crippen LogP contribution in [0.1, 0.15) is 64.9 Å². The van der Waals surface area contributed by atoms with Gasteiger partial charge in [-0.1, -0.05) is 20.3 Å². The fraction of sp³-hybridized carbons (Fsp3) is 0.464. The highest BCUT2D eigenvalue weighted by Gasteiger charge is 2.23. The SMILES string of the molecule is CC(C)c1cnnc(Nc2ccc3ncc(-c4cnn(CCCN5[C@H](C)CCC[C@@H]5C)c4)cc3n2)c1. The highest BCUT2D eigenvalue weighted by atomic mass is 15.3. The Kier molecular flexibility index (Phi) is 7.23. The molecule has 5 heterocycles. The topological polar surface area (TPSA) is 84.7 Å². The number of anilines is 2. The Morgan fingerprint density at radius 3 is 2.58 bits per heavy atom. The Labute approximate surface area is 213 Å². The van der Waals surface area contributed by atoms with Gasteiger partial charge >= 0.3 is 0 Å². The first kappa shape index (κ1) is 24.3. The smallest absolute Gasteiger partial charge is 0.154 e. The van der Waals surface area contributed by atoms with Crippen LogP contribution in [0.2, 0.25) is 0 Å². The number of hydrogen-bond acceptors (Lipinski definition) is 7. The lowest BCUT2D eigenvalue weighted by molar-refractivity contribution is 0.100. The average Bonchev–Trinajstić information content (AvgIpc) is 3.34. The van der Waals surface area contributed by atoms with Crippen LogP contribution in [-0.2, 0) is 6.54 Å². The van der Waals surface area contributed by atoms with E-state index in [1.54, 1.807) is 6.20 Å². The van der Waals surface area contributed by atoms with E-state index in [2.05, 4.69) is 70.5 Å². The van der Waals surface area contributed by atoms with Gasteiger partial charge in [-0.25, -0.2) is 4.98 Å². The van der Waals surface area contributed by atoms with Gasteiger partial charge in [0.05, 0.1) is 23.4 Å². The number of likely N-dealkylation sites (tertiary alicyclic amines) is 1. The third-order valence-electron chi connectivity index (χ3n) is 7.28. The third kappa shape index (κ3) is 5.54. The molecule has 2 atom stereocenters. The van der Waals surface area contributed by atoms with Gasteiger partial charge in [0.25, 0.3) is 0 Å². The molecule has 1 aliphatic heterocycles. The quantitative estimate of drug-likeness (QED) is 0.338. The predicted molar refractivity (Wildman–Crippen MR) is 144 cm³/mol. The van der Waals surface area contributed by atoms with E-state index in [1.807, 2.05) is 35.3 Å². The number of aromatic nitrogens is 6. The maximum absolute atomic E-state index is 4.78. The molecule has 1 fully saturated rings. The van der Waals surface area contributed by atoms with Gasteiger partial charge in [0.2, 0.25) is 0 Å². The summed E-state index contributed by atoms with van der Waals surface area (Å²) < 4.78 is 2.05. The Hall–Kier alpha value is -3.39. The largest absolute Gasteiger partial charge is 0.323 e. The van der Waals surface area contributed by atoms with Gasteiger partial charge in [0, 0.05) is 48.7 Å². The molecule has 0 radical (unpaired) electrons. The molecule has 0 amide bonds. The Morgan fingerprint density at radius 1 is 0.944 bits per heavy atom. The number of pyridine rings is 2. The number of aryl methyl sites for hydroxylation is 1.